The van der Waals surface area contributed by atoms with Gasteiger partial charge in [-0.15, -0.1) is 0 Å². The van der Waals surface area contributed by atoms with Gasteiger partial charge in [0.25, 0.3) is 0 Å². The Hall–Kier alpha value is -1.80. The summed E-state index contributed by atoms with van der Waals surface area (Å²) in [6, 6.07) is 9.78. The van der Waals surface area contributed by atoms with Gasteiger partial charge in [-0.25, -0.2) is 13.1 Å². The van der Waals surface area contributed by atoms with Crippen molar-refractivity contribution in [3.8, 4) is 11.5 Å². The van der Waals surface area contributed by atoms with Crippen LogP contribution >= 0.6 is 11.6 Å². The molecule has 1 aliphatic rings. The Morgan fingerprint density at radius 3 is 2.29 bits per heavy atom. The lowest BCUT2D eigenvalue weighted by atomic mass is 9.84. The summed E-state index contributed by atoms with van der Waals surface area (Å²) in [7, 11) is -0.486. The van der Waals surface area contributed by atoms with Gasteiger partial charge < -0.3 is 9.47 Å². The van der Waals surface area contributed by atoms with E-state index in [-0.39, 0.29) is 22.9 Å². The van der Waals surface area contributed by atoms with Gasteiger partial charge in [-0.2, -0.15) is 0 Å². The maximum atomic E-state index is 13.2. The zero-order chi connectivity index (χ0) is 22.8. The van der Waals surface area contributed by atoms with Crippen molar-refractivity contribution in [2.75, 3.05) is 27.3 Å². The third-order valence-corrected chi connectivity index (χ3v) is 7.63. The molecule has 170 valence electrons. The third-order valence-electron chi connectivity index (χ3n) is 5.91. The Labute approximate surface area is 190 Å². The topological polar surface area (TPSA) is 67.9 Å². The summed E-state index contributed by atoms with van der Waals surface area (Å²) in [5.74, 6) is 1.39. The highest BCUT2D eigenvalue weighted by molar-refractivity contribution is 7.89. The molecule has 1 aliphatic heterocycles. The Balaban J connectivity index is 2.06. The quantitative estimate of drug-likeness (QED) is 0.628. The second-order valence-corrected chi connectivity index (χ2v) is 10.2. The summed E-state index contributed by atoms with van der Waals surface area (Å²) in [4.78, 5) is 2.53. The van der Waals surface area contributed by atoms with E-state index in [9.17, 15) is 8.42 Å². The molecule has 2 atom stereocenters. The number of hydrogen-bond donors (Lipinski definition) is 1. The molecule has 6 nitrogen and oxygen atoms in total. The second kappa shape index (κ2) is 9.77. The van der Waals surface area contributed by atoms with Crippen molar-refractivity contribution in [3.05, 3.63) is 52.5 Å². The Bertz CT molecular complexity index is 1010. The van der Waals surface area contributed by atoms with Gasteiger partial charge in [-0.1, -0.05) is 32.4 Å². The first-order valence-electron chi connectivity index (χ1n) is 10.5. The van der Waals surface area contributed by atoms with Gasteiger partial charge in [-0.3, -0.25) is 4.90 Å². The highest BCUT2D eigenvalue weighted by atomic mass is 35.5. The number of nitrogens with one attached hydrogen (secondary N) is 1. The van der Waals surface area contributed by atoms with Crippen LogP contribution in [-0.2, 0) is 16.4 Å². The maximum Gasteiger partial charge on any atom is 0.240 e. The molecule has 0 fully saturated rings. The molecule has 2 aromatic carbocycles. The second-order valence-electron chi connectivity index (χ2n) is 8.07. The average molecular weight is 467 g/mol. The van der Waals surface area contributed by atoms with E-state index in [0.717, 1.165) is 30.6 Å². The first kappa shape index (κ1) is 23.9. The Kier molecular flexibility index (Phi) is 7.52. The van der Waals surface area contributed by atoms with E-state index in [1.165, 1.54) is 12.1 Å². The molecule has 0 saturated heterocycles. The lowest BCUT2D eigenvalue weighted by Crippen LogP contribution is -2.51. The summed E-state index contributed by atoms with van der Waals surface area (Å²) in [5, 5.41) is 0.499. The van der Waals surface area contributed by atoms with Crippen molar-refractivity contribution < 1.29 is 17.9 Å². The largest absolute Gasteiger partial charge is 0.493 e. The van der Waals surface area contributed by atoms with E-state index in [4.69, 9.17) is 21.1 Å². The molecule has 0 unspecified atom stereocenters. The molecule has 0 aliphatic carbocycles. The van der Waals surface area contributed by atoms with Crippen LogP contribution in [-0.4, -0.2) is 46.7 Å². The predicted octanol–water partition coefficient (Wildman–Crippen LogP) is 4.28. The molecule has 2 aromatic rings. The summed E-state index contributed by atoms with van der Waals surface area (Å²) in [5.41, 5.74) is 2.23. The van der Waals surface area contributed by atoms with Crippen molar-refractivity contribution in [3.63, 3.8) is 0 Å². The molecular formula is C23H31ClN2O4S. The minimum absolute atomic E-state index is 0.0557. The van der Waals surface area contributed by atoms with Crippen LogP contribution in [0.15, 0.2) is 41.3 Å². The average Bonchev–Trinajstić information content (AvgIpc) is 2.75. The van der Waals surface area contributed by atoms with Crippen LogP contribution < -0.4 is 14.2 Å². The smallest absolute Gasteiger partial charge is 0.240 e. The normalized spacial score (nSPS) is 18.0. The zero-order valence-corrected chi connectivity index (χ0v) is 20.3. The molecule has 8 heteroatoms. The number of methoxy groups -OCH3 is 2. The number of sulfonamides is 1. The predicted molar refractivity (Wildman–Crippen MR) is 124 cm³/mol. The van der Waals surface area contributed by atoms with Crippen LogP contribution in [0, 0.1) is 5.92 Å². The fourth-order valence-electron chi connectivity index (χ4n) is 4.23. The van der Waals surface area contributed by atoms with Gasteiger partial charge in [0.15, 0.2) is 11.5 Å². The van der Waals surface area contributed by atoms with E-state index < -0.39 is 10.0 Å². The monoisotopic (exact) mass is 466 g/mol. The molecule has 0 radical (unpaired) electrons. The van der Waals surface area contributed by atoms with Crippen LogP contribution in [0.25, 0.3) is 0 Å². The van der Waals surface area contributed by atoms with E-state index in [1.807, 2.05) is 26.0 Å². The molecule has 3 rings (SSSR count). The van der Waals surface area contributed by atoms with E-state index in [1.54, 1.807) is 26.4 Å². The lowest BCUT2D eigenvalue weighted by Gasteiger charge is -2.43. The Morgan fingerprint density at radius 2 is 1.74 bits per heavy atom. The van der Waals surface area contributed by atoms with Crippen LogP contribution in [0.2, 0.25) is 5.02 Å². The van der Waals surface area contributed by atoms with E-state index in [2.05, 4.69) is 16.5 Å². The molecule has 0 saturated carbocycles. The highest BCUT2D eigenvalue weighted by Gasteiger charge is 2.38. The minimum atomic E-state index is -3.72. The van der Waals surface area contributed by atoms with Gasteiger partial charge in [0.2, 0.25) is 10.0 Å². The van der Waals surface area contributed by atoms with Crippen molar-refractivity contribution in [1.82, 2.24) is 9.62 Å². The number of hydrogen-bond acceptors (Lipinski definition) is 5. The SMILES string of the molecule is CCN1CCc2cc(OC)c(OC)cc2[C@@H]1[C@@H](NS(=O)(=O)c1ccc(Cl)cc1)C(C)C. The van der Waals surface area contributed by atoms with Gasteiger partial charge in [0.05, 0.1) is 25.2 Å². The summed E-state index contributed by atoms with van der Waals surface area (Å²) < 4.78 is 40.4. The summed E-state index contributed by atoms with van der Waals surface area (Å²) >= 11 is 5.94. The summed E-state index contributed by atoms with van der Waals surface area (Å²) in [6.07, 6.45) is 0.870. The lowest BCUT2D eigenvalue weighted by molar-refractivity contribution is 0.141. The van der Waals surface area contributed by atoms with Gasteiger partial charge in [-0.05, 0) is 66.4 Å². The molecule has 0 amide bonds. The molecule has 0 bridgehead atoms. The minimum Gasteiger partial charge on any atom is -0.493 e. The molecule has 31 heavy (non-hydrogen) atoms. The van der Waals surface area contributed by atoms with Crippen molar-refractivity contribution in [1.29, 1.82) is 0 Å². The van der Waals surface area contributed by atoms with Crippen LogP contribution in [0.5, 0.6) is 11.5 Å². The van der Waals surface area contributed by atoms with Gasteiger partial charge in [0, 0.05) is 17.6 Å². The van der Waals surface area contributed by atoms with E-state index >= 15 is 0 Å². The zero-order valence-electron chi connectivity index (χ0n) is 18.7. The number of likely N-dealkylation sites (N-methyl/N-ethyl adjacent to an activating group) is 1. The Morgan fingerprint density at radius 1 is 1.13 bits per heavy atom. The molecule has 1 N–H and O–H groups in total. The van der Waals surface area contributed by atoms with Gasteiger partial charge >= 0.3 is 0 Å². The number of fused-ring (bicyclic) bond motifs is 1. The van der Waals surface area contributed by atoms with Crippen LogP contribution in [0.1, 0.15) is 37.9 Å². The molecular weight excluding hydrogens is 436 g/mol. The highest BCUT2D eigenvalue weighted by Crippen LogP contribution is 2.41. The molecule has 0 spiro atoms. The number of halogens is 1. The third kappa shape index (κ3) is 5.00. The number of benzene rings is 2. The van der Waals surface area contributed by atoms with E-state index in [0.29, 0.717) is 16.5 Å². The van der Waals surface area contributed by atoms with Crippen molar-refractivity contribution >= 4 is 21.6 Å². The number of ether oxygens (including phenoxy) is 2. The van der Waals surface area contributed by atoms with Gasteiger partial charge in [0.1, 0.15) is 0 Å². The maximum absolute atomic E-state index is 13.2. The fraction of sp³-hybridized carbons (Fsp3) is 0.478. The first-order chi connectivity index (χ1) is 14.7. The molecule has 1 heterocycles. The molecule has 0 aromatic heterocycles. The standard InChI is InChI=1S/C23H31ClN2O4S/c1-6-26-12-11-16-13-20(29-4)21(30-5)14-19(16)23(26)22(15(2)3)25-31(27,28)18-9-7-17(24)8-10-18/h7-10,13-15,22-23,25H,6,11-12H2,1-5H3/t22-,23+/m0/s1. The fourth-order valence-corrected chi connectivity index (χ4v) is 5.75. The van der Waals surface area contributed by atoms with Crippen LogP contribution in [0.4, 0.5) is 0 Å². The van der Waals surface area contributed by atoms with Crippen LogP contribution in [0.3, 0.4) is 0 Å². The number of rotatable bonds is 8. The number of nitrogens with zero attached hydrogens (tertiary/aromatic N) is 1. The first-order valence-corrected chi connectivity index (χ1v) is 12.3. The summed E-state index contributed by atoms with van der Waals surface area (Å²) in [6.45, 7) is 7.83. The van der Waals surface area contributed by atoms with Crippen molar-refractivity contribution in [2.45, 2.75) is 44.2 Å². The van der Waals surface area contributed by atoms with Crippen molar-refractivity contribution in [2.24, 2.45) is 5.92 Å².